The Morgan fingerprint density at radius 2 is 2.53 bits per heavy atom. The van der Waals surface area contributed by atoms with Crippen LogP contribution in [0.1, 0.15) is 12.8 Å². The third-order valence-electron chi connectivity index (χ3n) is 2.52. The first-order chi connectivity index (χ1) is 7.29. The molecule has 0 aromatic heterocycles. The van der Waals surface area contributed by atoms with E-state index in [1.54, 1.807) is 7.05 Å². The molecule has 1 unspecified atom stereocenters. The van der Waals surface area contributed by atoms with Crippen LogP contribution in [0.25, 0.3) is 0 Å². The molecular formula is C10H17N3O2. The first-order valence-electron chi connectivity index (χ1n) is 5.20. The summed E-state index contributed by atoms with van der Waals surface area (Å²) >= 11 is 0. The molecule has 0 aliphatic carbocycles. The van der Waals surface area contributed by atoms with Crippen molar-refractivity contribution in [3.05, 3.63) is 0 Å². The van der Waals surface area contributed by atoms with E-state index in [0.717, 1.165) is 19.5 Å². The number of nitrogens with zero attached hydrogens (tertiary/aromatic N) is 2. The lowest BCUT2D eigenvalue weighted by Gasteiger charge is -2.33. The first-order valence-corrected chi connectivity index (χ1v) is 5.20. The van der Waals surface area contributed by atoms with E-state index in [1.165, 1.54) is 0 Å². The molecule has 5 heteroatoms. The average molecular weight is 211 g/mol. The number of ether oxygens (including phenoxy) is 1. The van der Waals surface area contributed by atoms with Crippen LogP contribution in [-0.4, -0.2) is 50.2 Å². The van der Waals surface area contributed by atoms with Crippen molar-refractivity contribution in [3.8, 4) is 6.07 Å². The topological polar surface area (TPSA) is 65.4 Å². The summed E-state index contributed by atoms with van der Waals surface area (Å²) in [6.45, 7) is 2.67. The third kappa shape index (κ3) is 3.50. The standard InChI is InChI=1S/C10H17N3O2/c1-12-10(14)9-8-15-7-6-13(9)5-3-2-4-11/h9H,2-3,5-8H2,1H3,(H,12,14). The van der Waals surface area contributed by atoms with Gasteiger partial charge in [-0.15, -0.1) is 0 Å². The summed E-state index contributed by atoms with van der Waals surface area (Å²) in [4.78, 5) is 13.6. The average Bonchev–Trinajstić information content (AvgIpc) is 2.29. The number of amides is 1. The van der Waals surface area contributed by atoms with E-state index in [9.17, 15) is 4.79 Å². The molecule has 15 heavy (non-hydrogen) atoms. The SMILES string of the molecule is CNC(=O)C1COCCN1CCCC#N. The molecule has 0 spiro atoms. The lowest BCUT2D eigenvalue weighted by molar-refractivity contribution is -0.132. The van der Waals surface area contributed by atoms with Gasteiger partial charge >= 0.3 is 0 Å². The molecule has 5 nitrogen and oxygen atoms in total. The van der Waals surface area contributed by atoms with Gasteiger partial charge in [0.15, 0.2) is 0 Å². The molecule has 1 atom stereocenters. The van der Waals surface area contributed by atoms with Crippen molar-refractivity contribution in [1.82, 2.24) is 10.2 Å². The predicted octanol–water partition coefficient (Wildman–Crippen LogP) is -0.263. The zero-order valence-electron chi connectivity index (χ0n) is 9.03. The van der Waals surface area contributed by atoms with Gasteiger partial charge in [0.05, 0.1) is 19.3 Å². The maximum absolute atomic E-state index is 11.5. The molecule has 1 fully saturated rings. The van der Waals surface area contributed by atoms with Crippen molar-refractivity contribution in [2.24, 2.45) is 0 Å². The van der Waals surface area contributed by atoms with Crippen molar-refractivity contribution in [3.63, 3.8) is 0 Å². The highest BCUT2D eigenvalue weighted by Gasteiger charge is 2.27. The molecule has 1 aliphatic rings. The fraction of sp³-hybridized carbons (Fsp3) is 0.800. The van der Waals surface area contributed by atoms with Crippen LogP contribution in [0.3, 0.4) is 0 Å². The molecule has 0 aromatic carbocycles. The van der Waals surface area contributed by atoms with Crippen LogP contribution in [-0.2, 0) is 9.53 Å². The Bertz CT molecular complexity index is 250. The Hall–Kier alpha value is -1.12. The minimum absolute atomic E-state index is 0.00772. The molecule has 1 heterocycles. The van der Waals surface area contributed by atoms with Gasteiger partial charge in [-0.2, -0.15) is 5.26 Å². The van der Waals surface area contributed by atoms with Crippen LogP contribution in [0, 0.1) is 11.3 Å². The van der Waals surface area contributed by atoms with Gasteiger partial charge in [0, 0.05) is 26.6 Å². The summed E-state index contributed by atoms with van der Waals surface area (Å²) in [5, 5.41) is 11.1. The molecule has 84 valence electrons. The number of hydrogen-bond donors (Lipinski definition) is 1. The second kappa shape index (κ2) is 6.38. The molecule has 1 N–H and O–H groups in total. The number of likely N-dealkylation sites (N-methyl/N-ethyl adjacent to an activating group) is 1. The maximum Gasteiger partial charge on any atom is 0.239 e. The van der Waals surface area contributed by atoms with Gasteiger partial charge < -0.3 is 10.1 Å². The quantitative estimate of drug-likeness (QED) is 0.650. The molecule has 1 aliphatic heterocycles. The summed E-state index contributed by atoms with van der Waals surface area (Å²) in [6.07, 6.45) is 1.35. The van der Waals surface area contributed by atoms with Crippen LogP contribution < -0.4 is 5.32 Å². The molecule has 1 rings (SSSR count). The zero-order chi connectivity index (χ0) is 11.1. The van der Waals surface area contributed by atoms with Crippen LogP contribution in [0.2, 0.25) is 0 Å². The highest BCUT2D eigenvalue weighted by Crippen LogP contribution is 2.08. The van der Waals surface area contributed by atoms with Gasteiger partial charge in [0.2, 0.25) is 5.91 Å². The van der Waals surface area contributed by atoms with E-state index < -0.39 is 0 Å². The second-order valence-electron chi connectivity index (χ2n) is 3.50. The van der Waals surface area contributed by atoms with Gasteiger partial charge in [-0.05, 0) is 6.42 Å². The van der Waals surface area contributed by atoms with Crippen molar-refractivity contribution in [1.29, 1.82) is 5.26 Å². The largest absolute Gasteiger partial charge is 0.378 e. The van der Waals surface area contributed by atoms with E-state index in [0.29, 0.717) is 19.6 Å². The fourth-order valence-corrected chi connectivity index (χ4v) is 1.67. The molecule has 0 bridgehead atoms. The summed E-state index contributed by atoms with van der Waals surface area (Å²) in [5.41, 5.74) is 0. The Morgan fingerprint density at radius 1 is 1.73 bits per heavy atom. The minimum atomic E-state index is -0.192. The fourth-order valence-electron chi connectivity index (χ4n) is 1.67. The van der Waals surface area contributed by atoms with Crippen LogP contribution in [0.4, 0.5) is 0 Å². The number of unbranched alkanes of at least 4 members (excludes halogenated alkanes) is 1. The highest BCUT2D eigenvalue weighted by molar-refractivity contribution is 5.81. The van der Waals surface area contributed by atoms with E-state index in [-0.39, 0.29) is 11.9 Å². The Labute approximate surface area is 90.0 Å². The van der Waals surface area contributed by atoms with Crippen molar-refractivity contribution in [2.75, 3.05) is 33.4 Å². The summed E-state index contributed by atoms with van der Waals surface area (Å²) < 4.78 is 5.27. The lowest BCUT2D eigenvalue weighted by atomic mass is 10.2. The molecule has 0 aromatic rings. The Balaban J connectivity index is 2.43. The molecule has 1 saturated heterocycles. The second-order valence-corrected chi connectivity index (χ2v) is 3.50. The van der Waals surface area contributed by atoms with Gasteiger partial charge in [0.1, 0.15) is 6.04 Å². The number of carbonyl (C=O) groups is 1. The van der Waals surface area contributed by atoms with Gasteiger partial charge in [-0.25, -0.2) is 0 Å². The number of nitriles is 1. The smallest absolute Gasteiger partial charge is 0.239 e. The monoisotopic (exact) mass is 211 g/mol. The number of carbonyl (C=O) groups excluding carboxylic acids is 1. The number of rotatable bonds is 4. The number of morpholine rings is 1. The molecule has 0 saturated carbocycles. The maximum atomic E-state index is 11.5. The van der Waals surface area contributed by atoms with Crippen molar-refractivity contribution in [2.45, 2.75) is 18.9 Å². The third-order valence-corrected chi connectivity index (χ3v) is 2.52. The summed E-state index contributed by atoms with van der Waals surface area (Å²) in [6, 6.07) is 1.91. The Kier molecular flexibility index (Phi) is 5.08. The van der Waals surface area contributed by atoms with Crippen LogP contribution >= 0.6 is 0 Å². The first kappa shape index (κ1) is 12.0. The summed E-state index contributed by atoms with van der Waals surface area (Å²) in [7, 11) is 1.63. The van der Waals surface area contributed by atoms with Crippen LogP contribution in [0.15, 0.2) is 0 Å². The Morgan fingerprint density at radius 3 is 3.20 bits per heavy atom. The van der Waals surface area contributed by atoms with Gasteiger partial charge in [-0.1, -0.05) is 0 Å². The normalized spacial score (nSPS) is 22.0. The summed E-state index contributed by atoms with van der Waals surface area (Å²) in [5.74, 6) is -0.00772. The van der Waals surface area contributed by atoms with E-state index in [1.807, 2.05) is 0 Å². The predicted molar refractivity (Wildman–Crippen MR) is 55.1 cm³/mol. The minimum Gasteiger partial charge on any atom is -0.378 e. The molecule has 0 radical (unpaired) electrons. The van der Waals surface area contributed by atoms with Crippen LogP contribution in [0.5, 0.6) is 0 Å². The van der Waals surface area contributed by atoms with Crippen molar-refractivity contribution < 1.29 is 9.53 Å². The van der Waals surface area contributed by atoms with E-state index in [2.05, 4.69) is 16.3 Å². The van der Waals surface area contributed by atoms with Gasteiger partial charge in [0.25, 0.3) is 0 Å². The lowest BCUT2D eigenvalue weighted by Crippen LogP contribution is -2.53. The molecular weight excluding hydrogens is 194 g/mol. The molecule has 1 amide bonds. The van der Waals surface area contributed by atoms with Gasteiger partial charge in [-0.3, -0.25) is 9.69 Å². The van der Waals surface area contributed by atoms with E-state index >= 15 is 0 Å². The van der Waals surface area contributed by atoms with E-state index in [4.69, 9.17) is 10.00 Å². The highest BCUT2D eigenvalue weighted by atomic mass is 16.5. The number of hydrogen-bond acceptors (Lipinski definition) is 4. The zero-order valence-corrected chi connectivity index (χ0v) is 9.03. The number of nitrogens with one attached hydrogen (secondary N) is 1. The van der Waals surface area contributed by atoms with Crippen molar-refractivity contribution >= 4 is 5.91 Å².